The highest BCUT2D eigenvalue weighted by molar-refractivity contribution is 5.83. The van der Waals surface area contributed by atoms with Crippen molar-refractivity contribution in [3.8, 4) is 0 Å². The van der Waals surface area contributed by atoms with Crippen molar-refractivity contribution in [3.05, 3.63) is 18.0 Å². The van der Waals surface area contributed by atoms with E-state index in [1.165, 1.54) is 6.26 Å². The normalized spacial score (nSPS) is 19.4. The minimum absolute atomic E-state index is 0.0850. The second-order valence-corrected chi connectivity index (χ2v) is 6.61. The van der Waals surface area contributed by atoms with Crippen LogP contribution in [0.5, 0.6) is 0 Å². The van der Waals surface area contributed by atoms with Crippen LogP contribution in [-0.4, -0.2) is 27.3 Å². The Balaban J connectivity index is 2.52. The van der Waals surface area contributed by atoms with Crippen LogP contribution in [0.25, 0.3) is 0 Å². The van der Waals surface area contributed by atoms with Gasteiger partial charge in [0.05, 0.1) is 0 Å². The molecule has 1 aliphatic rings. The molecule has 1 heterocycles. The molecule has 0 amide bonds. The van der Waals surface area contributed by atoms with Gasteiger partial charge < -0.3 is 14.7 Å². The molecular weight excluding hydrogens is 286 g/mol. The van der Waals surface area contributed by atoms with Crippen LogP contribution in [0.2, 0.25) is 0 Å². The molecule has 2 atom stereocenters. The molecule has 2 rings (SSSR count). The van der Waals surface area contributed by atoms with E-state index in [0.29, 0.717) is 12.1 Å². The molecular formula is C16H23NO5. The summed E-state index contributed by atoms with van der Waals surface area (Å²) in [6, 6.07) is 1.57. The van der Waals surface area contributed by atoms with Gasteiger partial charge in [-0.05, 0) is 37.0 Å². The van der Waals surface area contributed by atoms with Gasteiger partial charge in [-0.1, -0.05) is 25.4 Å². The van der Waals surface area contributed by atoms with Gasteiger partial charge in [0.1, 0.15) is 17.4 Å². The standard InChI is InChI=1S/C16H23NO5/c1-10(2)8-12(9-14(18)19)16(15(20)21,11-4-3-5-11)13-6-7-22-17-13/h6-7,10-12H,3-5,8-9H2,1-2H3,(H,18,19)(H,20,21). The number of aromatic nitrogens is 1. The molecule has 1 aromatic heterocycles. The molecule has 0 bridgehead atoms. The van der Waals surface area contributed by atoms with E-state index < -0.39 is 23.3 Å². The van der Waals surface area contributed by atoms with Gasteiger partial charge >= 0.3 is 11.9 Å². The number of rotatable bonds is 8. The van der Waals surface area contributed by atoms with Crippen LogP contribution in [0.1, 0.15) is 51.6 Å². The summed E-state index contributed by atoms with van der Waals surface area (Å²) in [5.74, 6) is -2.34. The average Bonchev–Trinajstić information content (AvgIpc) is 2.84. The summed E-state index contributed by atoms with van der Waals surface area (Å²) in [5.41, 5.74) is -0.912. The summed E-state index contributed by atoms with van der Waals surface area (Å²) in [4.78, 5) is 23.6. The van der Waals surface area contributed by atoms with Crippen molar-refractivity contribution < 1.29 is 24.3 Å². The van der Waals surface area contributed by atoms with Gasteiger partial charge in [-0.25, -0.2) is 0 Å². The van der Waals surface area contributed by atoms with Crippen molar-refractivity contribution in [2.75, 3.05) is 0 Å². The van der Waals surface area contributed by atoms with Crippen molar-refractivity contribution in [3.63, 3.8) is 0 Å². The van der Waals surface area contributed by atoms with E-state index >= 15 is 0 Å². The van der Waals surface area contributed by atoms with E-state index in [0.717, 1.165) is 19.3 Å². The van der Waals surface area contributed by atoms with Crippen molar-refractivity contribution >= 4 is 11.9 Å². The summed E-state index contributed by atoms with van der Waals surface area (Å²) in [7, 11) is 0. The highest BCUT2D eigenvalue weighted by Crippen LogP contribution is 2.51. The van der Waals surface area contributed by atoms with Crippen LogP contribution in [0, 0.1) is 17.8 Å². The van der Waals surface area contributed by atoms with E-state index in [-0.39, 0.29) is 18.3 Å². The zero-order valence-electron chi connectivity index (χ0n) is 13.0. The third-order valence-electron chi connectivity index (χ3n) is 4.79. The molecule has 22 heavy (non-hydrogen) atoms. The fraction of sp³-hybridized carbons (Fsp3) is 0.688. The van der Waals surface area contributed by atoms with E-state index in [2.05, 4.69) is 5.16 Å². The first-order chi connectivity index (χ1) is 10.4. The van der Waals surface area contributed by atoms with Crippen LogP contribution in [0.3, 0.4) is 0 Å². The molecule has 1 aliphatic carbocycles. The summed E-state index contributed by atoms with van der Waals surface area (Å²) < 4.78 is 4.89. The molecule has 1 fully saturated rings. The number of aliphatic carboxylic acids is 2. The molecule has 6 heteroatoms. The lowest BCUT2D eigenvalue weighted by Crippen LogP contribution is -2.52. The number of carboxylic acid groups (broad SMARTS) is 2. The SMILES string of the molecule is CC(C)CC(CC(=O)O)C(C(=O)O)(c1ccon1)C1CCC1. The van der Waals surface area contributed by atoms with E-state index in [1.54, 1.807) is 6.07 Å². The Hall–Kier alpha value is -1.85. The van der Waals surface area contributed by atoms with Crippen molar-refractivity contribution in [2.45, 2.75) is 51.4 Å². The van der Waals surface area contributed by atoms with E-state index in [4.69, 9.17) is 4.52 Å². The largest absolute Gasteiger partial charge is 0.481 e. The second kappa shape index (κ2) is 6.50. The maximum Gasteiger partial charge on any atom is 0.316 e. The Morgan fingerprint density at radius 1 is 1.41 bits per heavy atom. The van der Waals surface area contributed by atoms with E-state index in [9.17, 15) is 19.8 Å². The number of carboxylic acids is 2. The highest BCUT2D eigenvalue weighted by atomic mass is 16.5. The molecule has 2 N–H and O–H groups in total. The van der Waals surface area contributed by atoms with Crippen LogP contribution < -0.4 is 0 Å². The molecule has 0 aliphatic heterocycles. The van der Waals surface area contributed by atoms with Crippen LogP contribution in [-0.2, 0) is 15.0 Å². The predicted molar refractivity (Wildman–Crippen MR) is 78.4 cm³/mol. The first kappa shape index (κ1) is 16.5. The number of hydrogen-bond donors (Lipinski definition) is 2. The number of carbonyl (C=O) groups is 2. The Labute approximate surface area is 129 Å². The summed E-state index contributed by atoms with van der Waals surface area (Å²) in [5, 5.41) is 23.2. The molecule has 0 aromatic carbocycles. The quantitative estimate of drug-likeness (QED) is 0.765. The lowest BCUT2D eigenvalue weighted by atomic mass is 9.55. The van der Waals surface area contributed by atoms with Crippen molar-refractivity contribution in [1.82, 2.24) is 5.16 Å². The summed E-state index contributed by atoms with van der Waals surface area (Å²) in [6.45, 7) is 3.95. The Bertz CT molecular complexity index is 521. The molecule has 0 radical (unpaired) electrons. The minimum Gasteiger partial charge on any atom is -0.481 e. The van der Waals surface area contributed by atoms with Gasteiger partial charge in [-0.3, -0.25) is 9.59 Å². The maximum absolute atomic E-state index is 12.3. The zero-order chi connectivity index (χ0) is 16.3. The van der Waals surface area contributed by atoms with Crippen LogP contribution in [0.15, 0.2) is 16.9 Å². The smallest absolute Gasteiger partial charge is 0.316 e. The summed E-state index contributed by atoms with van der Waals surface area (Å²) >= 11 is 0. The van der Waals surface area contributed by atoms with Gasteiger partial charge in [0, 0.05) is 12.5 Å². The van der Waals surface area contributed by atoms with Gasteiger partial charge in [0.25, 0.3) is 0 Å². The van der Waals surface area contributed by atoms with Crippen LogP contribution >= 0.6 is 0 Å². The Morgan fingerprint density at radius 3 is 2.45 bits per heavy atom. The molecule has 1 saturated carbocycles. The van der Waals surface area contributed by atoms with Gasteiger partial charge in [0.15, 0.2) is 0 Å². The van der Waals surface area contributed by atoms with Gasteiger partial charge in [-0.15, -0.1) is 0 Å². The molecule has 2 unspecified atom stereocenters. The third-order valence-corrected chi connectivity index (χ3v) is 4.79. The van der Waals surface area contributed by atoms with Gasteiger partial charge in [0.2, 0.25) is 0 Å². The van der Waals surface area contributed by atoms with Crippen molar-refractivity contribution in [2.24, 2.45) is 17.8 Å². The monoisotopic (exact) mass is 309 g/mol. The second-order valence-electron chi connectivity index (χ2n) is 6.61. The lowest BCUT2D eigenvalue weighted by molar-refractivity contribution is -0.154. The molecule has 1 aromatic rings. The first-order valence-corrected chi connectivity index (χ1v) is 7.75. The highest BCUT2D eigenvalue weighted by Gasteiger charge is 2.56. The van der Waals surface area contributed by atoms with Crippen LogP contribution in [0.4, 0.5) is 0 Å². The maximum atomic E-state index is 12.3. The fourth-order valence-electron chi connectivity index (χ4n) is 3.71. The molecule has 0 spiro atoms. The van der Waals surface area contributed by atoms with E-state index in [1.807, 2.05) is 13.8 Å². The number of nitrogens with zero attached hydrogens (tertiary/aromatic N) is 1. The Kier molecular flexibility index (Phi) is 4.88. The topological polar surface area (TPSA) is 101 Å². The minimum atomic E-state index is -1.27. The molecule has 6 nitrogen and oxygen atoms in total. The predicted octanol–water partition coefficient (Wildman–Crippen LogP) is 2.93. The third kappa shape index (κ3) is 2.87. The van der Waals surface area contributed by atoms with Crippen molar-refractivity contribution in [1.29, 1.82) is 0 Å². The van der Waals surface area contributed by atoms with Gasteiger partial charge in [-0.2, -0.15) is 0 Å². The summed E-state index contributed by atoms with van der Waals surface area (Å²) in [6.07, 6.45) is 4.26. The zero-order valence-corrected chi connectivity index (χ0v) is 13.0. The molecule has 122 valence electrons. The Morgan fingerprint density at radius 2 is 2.09 bits per heavy atom. The number of hydrogen-bond acceptors (Lipinski definition) is 4. The lowest BCUT2D eigenvalue weighted by Gasteiger charge is -2.46. The molecule has 0 saturated heterocycles. The first-order valence-electron chi connectivity index (χ1n) is 7.75. The fourth-order valence-corrected chi connectivity index (χ4v) is 3.71. The average molecular weight is 309 g/mol.